The van der Waals surface area contributed by atoms with Gasteiger partial charge in [-0.1, -0.05) is 86.6 Å². The molecule has 1 nitrogen and oxygen atoms in total. The summed E-state index contributed by atoms with van der Waals surface area (Å²) in [4.78, 5) is 0. The molecule has 1 aliphatic rings. The van der Waals surface area contributed by atoms with Crippen molar-refractivity contribution in [2.75, 3.05) is 0 Å². The Morgan fingerprint density at radius 1 is 0.679 bits per heavy atom. The molecular weight excluding hydrogens is 338 g/mol. The van der Waals surface area contributed by atoms with Crippen LogP contribution in [0.1, 0.15) is 25.0 Å². The van der Waals surface area contributed by atoms with Crippen molar-refractivity contribution in [3.8, 4) is 16.9 Å². The summed E-state index contributed by atoms with van der Waals surface area (Å²) in [5.41, 5.74) is 8.04. The van der Waals surface area contributed by atoms with Crippen molar-refractivity contribution >= 4 is 21.7 Å². The van der Waals surface area contributed by atoms with E-state index in [1.54, 1.807) is 0 Å². The maximum atomic E-state index is 2.46. The summed E-state index contributed by atoms with van der Waals surface area (Å²) in [6.45, 7) is 4.74. The van der Waals surface area contributed by atoms with Gasteiger partial charge in [0.25, 0.3) is 0 Å². The molecule has 0 N–H and O–H groups in total. The largest absolute Gasteiger partial charge is 0.309 e. The minimum Gasteiger partial charge on any atom is -0.309 e. The van der Waals surface area contributed by atoms with Crippen LogP contribution in [0.5, 0.6) is 0 Å². The molecule has 0 bridgehead atoms. The maximum absolute atomic E-state index is 2.46. The Hall–Kier alpha value is -3.32. The molecule has 6 rings (SSSR count). The van der Waals surface area contributed by atoms with Crippen molar-refractivity contribution in [2.24, 2.45) is 0 Å². The molecule has 0 saturated carbocycles. The van der Waals surface area contributed by atoms with E-state index in [0.717, 1.165) is 0 Å². The van der Waals surface area contributed by atoms with E-state index >= 15 is 0 Å². The lowest BCUT2D eigenvalue weighted by atomic mass is 9.81. The number of para-hydroxylation sites is 1. The Kier molecular flexibility index (Phi) is 3.01. The van der Waals surface area contributed by atoms with Gasteiger partial charge < -0.3 is 4.57 Å². The van der Waals surface area contributed by atoms with Crippen molar-refractivity contribution in [2.45, 2.75) is 19.3 Å². The van der Waals surface area contributed by atoms with Crippen LogP contribution in [0.25, 0.3) is 38.6 Å². The van der Waals surface area contributed by atoms with E-state index in [-0.39, 0.29) is 5.41 Å². The molecule has 0 radical (unpaired) electrons. The predicted molar refractivity (Wildman–Crippen MR) is 118 cm³/mol. The topological polar surface area (TPSA) is 4.93 Å². The summed E-state index contributed by atoms with van der Waals surface area (Å²) < 4.78 is 2.46. The first-order valence-corrected chi connectivity index (χ1v) is 9.90. The number of fused-ring (bicyclic) bond motifs is 7. The second kappa shape index (κ2) is 5.36. The number of hydrogen-bond donors (Lipinski definition) is 0. The molecule has 1 aliphatic carbocycles. The lowest BCUT2D eigenvalue weighted by Gasteiger charge is -2.21. The van der Waals surface area contributed by atoms with Crippen LogP contribution >= 0.6 is 0 Å². The van der Waals surface area contributed by atoms with Gasteiger partial charge in [-0.3, -0.25) is 0 Å². The van der Waals surface area contributed by atoms with Gasteiger partial charge in [-0.15, -0.1) is 0 Å². The Balaban J connectivity index is 1.90. The van der Waals surface area contributed by atoms with Gasteiger partial charge in [0.1, 0.15) is 0 Å². The van der Waals surface area contributed by atoms with Crippen molar-refractivity contribution < 1.29 is 0 Å². The first kappa shape index (κ1) is 15.7. The summed E-state index contributed by atoms with van der Waals surface area (Å²) in [5, 5.41) is 4.03. The molecule has 0 spiro atoms. The zero-order valence-corrected chi connectivity index (χ0v) is 16.1. The minimum atomic E-state index is -0.0334. The molecule has 1 heterocycles. The van der Waals surface area contributed by atoms with Gasteiger partial charge in [0.05, 0.1) is 11.2 Å². The lowest BCUT2D eigenvalue weighted by molar-refractivity contribution is 0.666. The standard InChI is InChI=1S/C27H21N/c1-27(2)22-15-9-8-14-21(22)26-25(27)24-20-13-7-6-10-18(20)16-17-23(24)28(26)19-11-4-3-5-12-19/h3-17H,1-2H3. The highest BCUT2D eigenvalue weighted by Gasteiger charge is 2.40. The van der Waals surface area contributed by atoms with Crippen molar-refractivity contribution in [3.63, 3.8) is 0 Å². The average molecular weight is 359 g/mol. The average Bonchev–Trinajstić information content (AvgIpc) is 3.21. The van der Waals surface area contributed by atoms with Gasteiger partial charge in [-0.25, -0.2) is 0 Å². The first-order chi connectivity index (χ1) is 13.7. The zero-order chi connectivity index (χ0) is 18.9. The van der Waals surface area contributed by atoms with Crippen LogP contribution < -0.4 is 0 Å². The predicted octanol–water partition coefficient (Wildman–Crippen LogP) is 7.09. The highest BCUT2D eigenvalue weighted by Crippen LogP contribution is 2.54. The van der Waals surface area contributed by atoms with Crippen LogP contribution in [0.15, 0.2) is 91.0 Å². The van der Waals surface area contributed by atoms with Crippen LogP contribution in [-0.4, -0.2) is 4.57 Å². The molecule has 0 fully saturated rings. The van der Waals surface area contributed by atoms with Crippen LogP contribution in [-0.2, 0) is 5.41 Å². The van der Waals surface area contributed by atoms with Crippen LogP contribution in [0.3, 0.4) is 0 Å². The van der Waals surface area contributed by atoms with Gasteiger partial charge >= 0.3 is 0 Å². The zero-order valence-electron chi connectivity index (χ0n) is 16.1. The molecule has 28 heavy (non-hydrogen) atoms. The highest BCUT2D eigenvalue weighted by molar-refractivity contribution is 6.13. The summed E-state index contributed by atoms with van der Waals surface area (Å²) in [6, 6.07) is 33.0. The Bertz CT molecular complexity index is 1370. The maximum Gasteiger partial charge on any atom is 0.0585 e. The fraction of sp³-hybridized carbons (Fsp3) is 0.111. The molecule has 0 aliphatic heterocycles. The number of benzene rings is 4. The number of aromatic nitrogens is 1. The number of nitrogens with zero attached hydrogens (tertiary/aromatic N) is 1. The van der Waals surface area contributed by atoms with E-state index in [9.17, 15) is 0 Å². The first-order valence-electron chi connectivity index (χ1n) is 9.90. The number of hydrogen-bond acceptors (Lipinski definition) is 0. The molecular formula is C27H21N. The molecule has 1 heteroatoms. The molecule has 0 atom stereocenters. The van der Waals surface area contributed by atoms with E-state index in [4.69, 9.17) is 0 Å². The monoisotopic (exact) mass is 359 g/mol. The smallest absolute Gasteiger partial charge is 0.0585 e. The summed E-state index contributed by atoms with van der Waals surface area (Å²) in [5.74, 6) is 0. The normalized spacial score (nSPS) is 14.4. The quantitative estimate of drug-likeness (QED) is 0.301. The molecule has 5 aromatic rings. The summed E-state index contributed by atoms with van der Waals surface area (Å²) in [7, 11) is 0. The van der Waals surface area contributed by atoms with Crippen molar-refractivity contribution in [1.29, 1.82) is 0 Å². The fourth-order valence-corrected chi connectivity index (χ4v) is 5.14. The fourth-order valence-electron chi connectivity index (χ4n) is 5.14. The van der Waals surface area contributed by atoms with Gasteiger partial charge in [0, 0.05) is 22.1 Å². The van der Waals surface area contributed by atoms with Crippen LogP contribution in [0, 0.1) is 0 Å². The summed E-state index contributed by atoms with van der Waals surface area (Å²) >= 11 is 0. The minimum absolute atomic E-state index is 0.0334. The second-order valence-electron chi connectivity index (χ2n) is 8.25. The third-order valence-electron chi connectivity index (χ3n) is 6.35. The van der Waals surface area contributed by atoms with Gasteiger partial charge in [0.15, 0.2) is 0 Å². The molecule has 134 valence electrons. The molecule has 0 amide bonds. The Labute approximate surface area is 164 Å². The van der Waals surface area contributed by atoms with E-state index in [2.05, 4.69) is 109 Å². The van der Waals surface area contributed by atoms with Gasteiger partial charge in [-0.05, 0) is 40.1 Å². The van der Waals surface area contributed by atoms with Crippen LogP contribution in [0.4, 0.5) is 0 Å². The molecule has 1 aromatic heterocycles. The molecule has 0 saturated heterocycles. The van der Waals surface area contributed by atoms with E-state index in [1.807, 2.05) is 0 Å². The molecule has 0 unspecified atom stereocenters. The Morgan fingerprint density at radius 2 is 1.39 bits per heavy atom. The van der Waals surface area contributed by atoms with Gasteiger partial charge in [0.2, 0.25) is 0 Å². The van der Waals surface area contributed by atoms with E-state index < -0.39 is 0 Å². The molecule has 4 aromatic carbocycles. The van der Waals surface area contributed by atoms with E-state index in [1.165, 1.54) is 49.7 Å². The SMILES string of the molecule is CC1(C)c2ccccc2-c2c1c1c3ccccc3ccc1n2-c1ccccc1. The second-order valence-corrected chi connectivity index (χ2v) is 8.25. The van der Waals surface area contributed by atoms with E-state index in [0.29, 0.717) is 0 Å². The van der Waals surface area contributed by atoms with Gasteiger partial charge in [-0.2, -0.15) is 0 Å². The lowest BCUT2D eigenvalue weighted by Crippen LogP contribution is -2.14. The van der Waals surface area contributed by atoms with Crippen molar-refractivity contribution in [3.05, 3.63) is 102 Å². The van der Waals surface area contributed by atoms with Crippen LogP contribution in [0.2, 0.25) is 0 Å². The highest BCUT2D eigenvalue weighted by atomic mass is 15.0. The summed E-state index contributed by atoms with van der Waals surface area (Å²) in [6.07, 6.45) is 0. The number of rotatable bonds is 1. The Morgan fingerprint density at radius 3 is 2.25 bits per heavy atom. The van der Waals surface area contributed by atoms with Crippen molar-refractivity contribution in [1.82, 2.24) is 4.57 Å². The third-order valence-corrected chi connectivity index (χ3v) is 6.35. The third kappa shape index (κ3) is 1.86.